The number of nitrogens with zero attached hydrogens (tertiary/aromatic N) is 2. The van der Waals surface area contributed by atoms with Crippen LogP contribution in [0.2, 0.25) is 0 Å². The number of benzene rings is 1. The summed E-state index contributed by atoms with van der Waals surface area (Å²) in [5.74, 6) is 0.337. The number of rotatable bonds is 5. The van der Waals surface area contributed by atoms with E-state index in [4.69, 9.17) is 4.74 Å². The lowest BCUT2D eigenvalue weighted by Crippen LogP contribution is -2.41. The summed E-state index contributed by atoms with van der Waals surface area (Å²) < 4.78 is 32.2. The molecule has 1 atom stereocenters. The summed E-state index contributed by atoms with van der Waals surface area (Å²) in [4.78, 5) is 14.9. The molecule has 1 aromatic rings. The van der Waals surface area contributed by atoms with Crippen molar-refractivity contribution in [3.63, 3.8) is 0 Å². The van der Waals surface area contributed by atoms with Gasteiger partial charge in [0.15, 0.2) is 0 Å². The first-order valence-corrected chi connectivity index (χ1v) is 10.8. The van der Waals surface area contributed by atoms with Crippen LogP contribution >= 0.6 is 0 Å². The highest BCUT2D eigenvalue weighted by Crippen LogP contribution is 2.22. The van der Waals surface area contributed by atoms with Crippen molar-refractivity contribution >= 4 is 15.9 Å². The number of carbonyl (C=O) groups excluding carboxylic acids is 1. The minimum Gasteiger partial charge on any atom is -0.384 e. The normalized spacial score (nSPS) is 22.3. The smallest absolute Gasteiger partial charge is 0.253 e. The van der Waals surface area contributed by atoms with Crippen molar-refractivity contribution in [3.05, 3.63) is 29.8 Å². The SMILES string of the molecule is COCC1CCCN(C(=O)c2ccc(S(=O)(=O)N3CCCCC3)cc2)C1. The number of sulfonamides is 1. The molecule has 144 valence electrons. The summed E-state index contributed by atoms with van der Waals surface area (Å²) >= 11 is 0. The molecule has 0 radical (unpaired) electrons. The minimum absolute atomic E-state index is 0.0345. The summed E-state index contributed by atoms with van der Waals surface area (Å²) in [5, 5.41) is 0. The van der Waals surface area contributed by atoms with Crippen LogP contribution in [0.15, 0.2) is 29.2 Å². The third kappa shape index (κ3) is 4.27. The summed E-state index contributed by atoms with van der Waals surface area (Å²) in [7, 11) is -1.77. The number of carbonyl (C=O) groups is 1. The first kappa shape index (κ1) is 19.3. The Morgan fingerprint density at radius 1 is 1.08 bits per heavy atom. The second-order valence-corrected chi connectivity index (χ2v) is 9.14. The van der Waals surface area contributed by atoms with Gasteiger partial charge in [-0.25, -0.2) is 8.42 Å². The maximum atomic E-state index is 12.7. The van der Waals surface area contributed by atoms with E-state index in [1.54, 1.807) is 35.7 Å². The van der Waals surface area contributed by atoms with E-state index in [0.717, 1.165) is 38.6 Å². The van der Waals surface area contributed by atoms with Gasteiger partial charge in [-0.3, -0.25) is 4.79 Å². The van der Waals surface area contributed by atoms with Gasteiger partial charge in [0, 0.05) is 38.9 Å². The van der Waals surface area contributed by atoms with Gasteiger partial charge in [0.25, 0.3) is 5.91 Å². The molecule has 1 unspecified atom stereocenters. The summed E-state index contributed by atoms with van der Waals surface area (Å²) in [6.45, 7) is 3.26. The zero-order chi connectivity index (χ0) is 18.6. The van der Waals surface area contributed by atoms with Gasteiger partial charge < -0.3 is 9.64 Å². The summed E-state index contributed by atoms with van der Waals surface area (Å²) in [5.41, 5.74) is 0.542. The topological polar surface area (TPSA) is 66.9 Å². The quantitative estimate of drug-likeness (QED) is 0.786. The van der Waals surface area contributed by atoms with Gasteiger partial charge in [0.1, 0.15) is 0 Å². The summed E-state index contributed by atoms with van der Waals surface area (Å²) in [6.07, 6.45) is 4.95. The van der Waals surface area contributed by atoms with Crippen LogP contribution in [0, 0.1) is 5.92 Å². The van der Waals surface area contributed by atoms with Crippen LogP contribution in [0.5, 0.6) is 0 Å². The number of likely N-dealkylation sites (tertiary alicyclic amines) is 1. The van der Waals surface area contributed by atoms with Crippen LogP contribution in [-0.2, 0) is 14.8 Å². The lowest BCUT2D eigenvalue weighted by Gasteiger charge is -2.32. The van der Waals surface area contributed by atoms with Gasteiger partial charge in [-0.05, 0) is 55.9 Å². The molecule has 7 heteroatoms. The van der Waals surface area contributed by atoms with E-state index in [-0.39, 0.29) is 10.8 Å². The van der Waals surface area contributed by atoms with Crippen molar-refractivity contribution in [1.82, 2.24) is 9.21 Å². The predicted molar refractivity (Wildman–Crippen MR) is 99.6 cm³/mol. The molecule has 0 N–H and O–H groups in total. The van der Waals surface area contributed by atoms with E-state index in [2.05, 4.69) is 0 Å². The molecular formula is C19H28N2O4S. The Balaban J connectivity index is 1.69. The maximum Gasteiger partial charge on any atom is 0.253 e. The molecule has 1 amide bonds. The first-order valence-electron chi connectivity index (χ1n) is 9.41. The second-order valence-electron chi connectivity index (χ2n) is 7.20. The van der Waals surface area contributed by atoms with Crippen LogP contribution in [0.4, 0.5) is 0 Å². The molecule has 2 saturated heterocycles. The maximum absolute atomic E-state index is 12.7. The van der Waals surface area contributed by atoms with E-state index in [0.29, 0.717) is 37.7 Å². The molecule has 0 spiro atoms. The number of hydrogen-bond donors (Lipinski definition) is 0. The highest BCUT2D eigenvalue weighted by atomic mass is 32.2. The van der Waals surface area contributed by atoms with Gasteiger partial charge >= 0.3 is 0 Å². The van der Waals surface area contributed by atoms with Crippen molar-refractivity contribution in [2.75, 3.05) is 39.9 Å². The Morgan fingerprint density at radius 3 is 2.42 bits per heavy atom. The zero-order valence-electron chi connectivity index (χ0n) is 15.4. The van der Waals surface area contributed by atoms with Crippen molar-refractivity contribution < 1.29 is 17.9 Å². The molecule has 0 saturated carbocycles. The first-order chi connectivity index (χ1) is 12.5. The second kappa shape index (κ2) is 8.50. The number of amides is 1. The Labute approximate surface area is 156 Å². The largest absolute Gasteiger partial charge is 0.384 e. The van der Waals surface area contributed by atoms with Gasteiger partial charge in [-0.1, -0.05) is 6.42 Å². The highest BCUT2D eigenvalue weighted by Gasteiger charge is 2.27. The van der Waals surface area contributed by atoms with Crippen molar-refractivity contribution in [2.45, 2.75) is 37.0 Å². The standard InChI is InChI=1S/C19H28N2O4S/c1-25-15-16-6-5-11-20(14-16)19(22)17-7-9-18(10-8-17)26(23,24)21-12-3-2-4-13-21/h7-10,16H,2-6,11-15H2,1H3. The van der Waals surface area contributed by atoms with E-state index in [1.165, 1.54) is 0 Å². The van der Waals surface area contributed by atoms with Gasteiger partial charge in [0.05, 0.1) is 11.5 Å². The average Bonchev–Trinajstić information content (AvgIpc) is 2.69. The van der Waals surface area contributed by atoms with E-state index in [9.17, 15) is 13.2 Å². The van der Waals surface area contributed by atoms with Crippen LogP contribution in [0.3, 0.4) is 0 Å². The lowest BCUT2D eigenvalue weighted by molar-refractivity contribution is 0.0571. The molecule has 6 nitrogen and oxygen atoms in total. The van der Waals surface area contributed by atoms with Crippen LogP contribution < -0.4 is 0 Å². The molecule has 3 rings (SSSR count). The van der Waals surface area contributed by atoms with Crippen LogP contribution in [0.1, 0.15) is 42.5 Å². The summed E-state index contributed by atoms with van der Waals surface area (Å²) in [6, 6.07) is 6.40. The fourth-order valence-electron chi connectivity index (χ4n) is 3.83. The van der Waals surface area contributed by atoms with E-state index in [1.807, 2.05) is 4.90 Å². The minimum atomic E-state index is -3.45. The molecule has 2 fully saturated rings. The van der Waals surface area contributed by atoms with Crippen LogP contribution in [-0.4, -0.2) is 63.4 Å². The number of methoxy groups -OCH3 is 1. The Morgan fingerprint density at radius 2 is 1.77 bits per heavy atom. The van der Waals surface area contributed by atoms with E-state index < -0.39 is 10.0 Å². The van der Waals surface area contributed by atoms with Gasteiger partial charge in [-0.15, -0.1) is 0 Å². The van der Waals surface area contributed by atoms with Gasteiger partial charge in [0.2, 0.25) is 10.0 Å². The third-order valence-electron chi connectivity index (χ3n) is 5.26. The molecule has 2 aliphatic heterocycles. The predicted octanol–water partition coefficient (Wildman–Crippen LogP) is 2.36. The fraction of sp³-hybridized carbons (Fsp3) is 0.632. The van der Waals surface area contributed by atoms with Gasteiger partial charge in [-0.2, -0.15) is 4.31 Å². The molecule has 0 aliphatic carbocycles. The Kier molecular flexibility index (Phi) is 6.32. The van der Waals surface area contributed by atoms with Crippen molar-refractivity contribution in [2.24, 2.45) is 5.92 Å². The molecule has 0 bridgehead atoms. The van der Waals surface area contributed by atoms with Crippen LogP contribution in [0.25, 0.3) is 0 Å². The fourth-order valence-corrected chi connectivity index (χ4v) is 5.34. The Hall–Kier alpha value is -1.44. The molecule has 0 aromatic heterocycles. The number of piperidine rings is 2. The monoisotopic (exact) mass is 380 g/mol. The van der Waals surface area contributed by atoms with E-state index >= 15 is 0 Å². The van der Waals surface area contributed by atoms with Crippen molar-refractivity contribution in [1.29, 1.82) is 0 Å². The zero-order valence-corrected chi connectivity index (χ0v) is 16.2. The highest BCUT2D eigenvalue weighted by molar-refractivity contribution is 7.89. The number of ether oxygens (including phenoxy) is 1. The van der Waals surface area contributed by atoms with Crippen molar-refractivity contribution in [3.8, 4) is 0 Å². The third-order valence-corrected chi connectivity index (χ3v) is 7.18. The Bertz CT molecular complexity index is 710. The molecule has 26 heavy (non-hydrogen) atoms. The molecule has 2 heterocycles. The average molecular weight is 381 g/mol. The molecule has 1 aromatic carbocycles. The lowest BCUT2D eigenvalue weighted by atomic mass is 9.98. The number of hydrogen-bond acceptors (Lipinski definition) is 4. The molecular weight excluding hydrogens is 352 g/mol. The molecule has 2 aliphatic rings.